The first-order valence-corrected chi connectivity index (χ1v) is 3.91. The fourth-order valence-electron chi connectivity index (χ4n) is 1.38. The summed E-state index contributed by atoms with van der Waals surface area (Å²) in [5.74, 6) is -1.24. The third kappa shape index (κ3) is 2.74. The molecule has 3 unspecified atom stereocenters. The second-order valence-corrected chi connectivity index (χ2v) is 3.44. The fourth-order valence-corrected chi connectivity index (χ4v) is 1.38. The first-order chi connectivity index (χ1) is 5.46. The van der Waals surface area contributed by atoms with E-state index >= 15 is 0 Å². The van der Waals surface area contributed by atoms with Crippen molar-refractivity contribution in [3.8, 4) is 0 Å². The number of rotatable bonds is 3. The van der Waals surface area contributed by atoms with Gasteiger partial charge in [-0.05, 0) is 12.8 Å². The molecule has 1 fully saturated rings. The summed E-state index contributed by atoms with van der Waals surface area (Å²) in [6, 6.07) is -0.175. The summed E-state index contributed by atoms with van der Waals surface area (Å²) in [6.07, 6.45) is 0.159. The molecule has 6 heteroatoms. The molecule has 1 aliphatic rings. The molecule has 3 atom stereocenters. The minimum absolute atomic E-state index is 0. The van der Waals surface area contributed by atoms with Crippen molar-refractivity contribution in [1.82, 2.24) is 0 Å². The van der Waals surface area contributed by atoms with E-state index in [0.29, 0.717) is 6.42 Å². The molecule has 5 nitrogen and oxygen atoms in total. The number of hydrogen-bond donors (Lipinski definition) is 4. The zero-order valence-corrected chi connectivity index (χ0v) is 9.32. The van der Waals surface area contributed by atoms with Gasteiger partial charge in [-0.25, -0.2) is 4.79 Å². The van der Waals surface area contributed by atoms with Gasteiger partial charge in [-0.15, -0.1) is 0 Å². The fraction of sp³-hybridized carbons (Fsp3) is 0.857. The van der Waals surface area contributed by atoms with Crippen molar-refractivity contribution in [2.24, 2.45) is 11.5 Å². The Bertz CT molecular complexity index is 202. The first-order valence-electron chi connectivity index (χ1n) is 3.91. The Balaban J connectivity index is 0.00000144. The molecule has 80 valence electrons. The minimum Gasteiger partial charge on any atom is -0.479 e. The van der Waals surface area contributed by atoms with Crippen molar-refractivity contribution in [2.75, 3.05) is 0 Å². The summed E-state index contributed by atoms with van der Waals surface area (Å²) in [5, 5.41) is 17.4. The van der Waals surface area contributed by atoms with Crippen LogP contribution in [0.3, 0.4) is 0 Å². The van der Waals surface area contributed by atoms with E-state index in [4.69, 9.17) is 21.7 Å². The number of aliphatic carboxylic acids is 1. The smallest absolute Gasteiger partial charge is 0.332 e. The molecule has 1 saturated carbocycles. The summed E-state index contributed by atoms with van der Waals surface area (Å²) in [7, 11) is 0. The van der Waals surface area contributed by atoms with Gasteiger partial charge in [0.05, 0.1) is 0 Å². The summed E-state index contributed by atoms with van der Waals surface area (Å²) in [6.45, 7) is 0. The number of carbonyl (C=O) groups is 1. The average molecular weight is 369 g/mol. The topological polar surface area (TPSA) is 110 Å². The third-order valence-electron chi connectivity index (χ3n) is 2.52. The van der Waals surface area contributed by atoms with Crippen LogP contribution in [0.15, 0.2) is 0 Å². The van der Waals surface area contributed by atoms with Crippen LogP contribution in [-0.2, 0) is 25.9 Å². The predicted molar refractivity (Wildman–Crippen MR) is 42.4 cm³/mol. The Morgan fingerprint density at radius 3 is 2.46 bits per heavy atom. The second kappa shape index (κ2) is 4.51. The van der Waals surface area contributed by atoms with E-state index in [1.54, 1.807) is 0 Å². The van der Waals surface area contributed by atoms with Crippen LogP contribution in [0.25, 0.3) is 0 Å². The Morgan fingerprint density at radius 2 is 2.23 bits per heavy atom. The number of hydrogen-bond acceptors (Lipinski definition) is 4. The van der Waals surface area contributed by atoms with Crippen molar-refractivity contribution in [3.05, 3.63) is 0 Å². The van der Waals surface area contributed by atoms with Gasteiger partial charge in [-0.3, -0.25) is 0 Å². The summed E-state index contributed by atoms with van der Waals surface area (Å²) in [4.78, 5) is 10.3. The summed E-state index contributed by atoms with van der Waals surface area (Å²) < 4.78 is 0. The summed E-state index contributed by atoms with van der Waals surface area (Å²) in [5.41, 5.74) is 10.6. The molecule has 0 amide bonds. The van der Waals surface area contributed by atoms with Crippen LogP contribution in [0.1, 0.15) is 19.3 Å². The molecular weight excluding hydrogens is 355 g/mol. The summed E-state index contributed by atoms with van der Waals surface area (Å²) >= 11 is 0. The van der Waals surface area contributed by atoms with Gasteiger partial charge in [0.2, 0.25) is 0 Å². The quantitative estimate of drug-likeness (QED) is 0.491. The molecule has 1 rings (SSSR count). The Morgan fingerprint density at radius 1 is 1.69 bits per heavy atom. The molecule has 0 bridgehead atoms. The molecule has 1 aliphatic carbocycles. The van der Waals surface area contributed by atoms with Crippen molar-refractivity contribution >= 4 is 5.97 Å². The van der Waals surface area contributed by atoms with Crippen LogP contribution in [-0.4, -0.2) is 33.9 Å². The first kappa shape index (κ1) is 13.0. The van der Waals surface area contributed by atoms with Crippen molar-refractivity contribution in [2.45, 2.75) is 36.9 Å². The van der Waals surface area contributed by atoms with Crippen molar-refractivity contribution in [1.29, 1.82) is 0 Å². The number of aliphatic hydroxyl groups excluding tert-OH is 1. The minimum atomic E-state index is -1.39. The molecule has 13 heavy (non-hydrogen) atoms. The molecular formula is C7H14N2O3Pt. The maximum absolute atomic E-state index is 10.3. The van der Waals surface area contributed by atoms with E-state index in [0.717, 1.165) is 6.42 Å². The van der Waals surface area contributed by atoms with Gasteiger partial charge in [-0.1, -0.05) is 0 Å². The van der Waals surface area contributed by atoms with Gasteiger partial charge < -0.3 is 21.7 Å². The van der Waals surface area contributed by atoms with Gasteiger partial charge in [0.15, 0.2) is 6.10 Å². The zero-order valence-electron chi connectivity index (χ0n) is 7.05. The van der Waals surface area contributed by atoms with Gasteiger partial charge in [0.25, 0.3) is 0 Å². The van der Waals surface area contributed by atoms with Gasteiger partial charge in [0, 0.05) is 39.1 Å². The molecule has 0 saturated heterocycles. The van der Waals surface area contributed by atoms with E-state index < -0.39 is 17.6 Å². The van der Waals surface area contributed by atoms with Gasteiger partial charge >= 0.3 is 5.97 Å². The molecule has 0 aromatic carbocycles. The maximum Gasteiger partial charge on any atom is 0.332 e. The van der Waals surface area contributed by atoms with Crippen LogP contribution >= 0.6 is 0 Å². The number of carboxylic acid groups (broad SMARTS) is 1. The van der Waals surface area contributed by atoms with Crippen LogP contribution < -0.4 is 11.5 Å². The maximum atomic E-state index is 10.3. The monoisotopic (exact) mass is 369 g/mol. The van der Waals surface area contributed by atoms with Crippen LogP contribution in [0.5, 0.6) is 0 Å². The average Bonchev–Trinajstić information content (AvgIpc) is 2.01. The molecule has 6 N–H and O–H groups in total. The van der Waals surface area contributed by atoms with E-state index in [1.807, 2.05) is 0 Å². The number of aliphatic hydroxyl groups is 1. The van der Waals surface area contributed by atoms with Gasteiger partial charge in [0.1, 0.15) is 0 Å². The molecule has 0 radical (unpaired) electrons. The predicted octanol–water partition coefficient (Wildman–Crippen LogP) is -1.36. The SMILES string of the molecule is NC1CCC1(N)CC(O)C(=O)O.[Pt]. The van der Waals surface area contributed by atoms with Crippen molar-refractivity contribution < 1.29 is 36.1 Å². The van der Waals surface area contributed by atoms with Gasteiger partial charge in [-0.2, -0.15) is 0 Å². The van der Waals surface area contributed by atoms with E-state index in [-0.39, 0.29) is 33.5 Å². The molecule has 0 aromatic heterocycles. The Kier molecular flexibility index (Phi) is 4.52. The molecule has 0 heterocycles. The van der Waals surface area contributed by atoms with Crippen LogP contribution in [0.2, 0.25) is 0 Å². The van der Waals surface area contributed by atoms with Crippen molar-refractivity contribution in [3.63, 3.8) is 0 Å². The van der Waals surface area contributed by atoms with E-state index in [2.05, 4.69) is 0 Å². The Hall–Kier alpha value is 0.0383. The third-order valence-corrected chi connectivity index (χ3v) is 2.52. The largest absolute Gasteiger partial charge is 0.479 e. The standard InChI is InChI=1S/C7H14N2O3.Pt/c8-5-1-2-7(5,9)3-4(10)6(11)12;/h4-5,10H,1-3,8-9H2,(H,11,12);. The zero-order chi connectivity index (χ0) is 9.35. The molecule has 0 aromatic rings. The second-order valence-electron chi connectivity index (χ2n) is 3.44. The van der Waals surface area contributed by atoms with Crippen LogP contribution in [0.4, 0.5) is 0 Å². The van der Waals surface area contributed by atoms with E-state index in [1.165, 1.54) is 0 Å². The number of nitrogens with two attached hydrogens (primary N) is 2. The molecule has 0 spiro atoms. The van der Waals surface area contributed by atoms with E-state index in [9.17, 15) is 4.79 Å². The number of carboxylic acids is 1. The van der Waals surface area contributed by atoms with Crippen LogP contribution in [0, 0.1) is 0 Å². The normalized spacial score (nSPS) is 34.2. The molecule has 0 aliphatic heterocycles. The Labute approximate surface area is 90.7 Å².